The lowest BCUT2D eigenvalue weighted by atomic mass is 10.2. The van der Waals surface area contributed by atoms with Gasteiger partial charge in [-0.05, 0) is 43.2 Å². The Bertz CT molecular complexity index is 761. The first-order valence-corrected chi connectivity index (χ1v) is 7.82. The van der Waals surface area contributed by atoms with E-state index in [9.17, 15) is 13.2 Å². The fourth-order valence-electron chi connectivity index (χ4n) is 2.55. The van der Waals surface area contributed by atoms with Gasteiger partial charge >= 0.3 is 6.36 Å². The zero-order chi connectivity index (χ0) is 18.0. The SMILES string of the molecule is C/C=C(\C)C1N=C2C=CN(Cc3ccc(OC(F)(F)F)cc3)C=C2N1. The second-order valence-electron chi connectivity index (χ2n) is 5.82. The van der Waals surface area contributed by atoms with Crippen LogP contribution in [0.2, 0.25) is 0 Å². The number of nitrogens with zero attached hydrogens (tertiary/aromatic N) is 2. The van der Waals surface area contributed by atoms with E-state index in [0.29, 0.717) is 6.54 Å². The van der Waals surface area contributed by atoms with Crippen molar-refractivity contribution in [2.75, 3.05) is 0 Å². The first kappa shape index (κ1) is 17.1. The second kappa shape index (κ2) is 6.66. The minimum atomic E-state index is -4.67. The summed E-state index contributed by atoms with van der Waals surface area (Å²) in [5, 5.41) is 3.35. The van der Waals surface area contributed by atoms with Crippen molar-refractivity contribution in [1.82, 2.24) is 10.2 Å². The first-order chi connectivity index (χ1) is 11.8. The summed E-state index contributed by atoms with van der Waals surface area (Å²) in [6.45, 7) is 4.53. The van der Waals surface area contributed by atoms with Crippen molar-refractivity contribution in [2.45, 2.75) is 32.9 Å². The van der Waals surface area contributed by atoms with E-state index in [4.69, 9.17) is 0 Å². The average molecular weight is 349 g/mol. The molecule has 0 amide bonds. The highest BCUT2D eigenvalue weighted by atomic mass is 19.4. The lowest BCUT2D eigenvalue weighted by molar-refractivity contribution is -0.274. The summed E-state index contributed by atoms with van der Waals surface area (Å²) < 4.78 is 40.4. The maximum absolute atomic E-state index is 12.2. The highest BCUT2D eigenvalue weighted by Gasteiger charge is 2.31. The molecule has 0 saturated carbocycles. The van der Waals surface area contributed by atoms with Crippen LogP contribution in [0.4, 0.5) is 13.2 Å². The third-order valence-corrected chi connectivity index (χ3v) is 3.96. The summed E-state index contributed by atoms with van der Waals surface area (Å²) in [4.78, 5) is 6.55. The molecule has 1 aromatic carbocycles. The summed E-state index contributed by atoms with van der Waals surface area (Å²) in [6.07, 6.45) is 3.07. The highest BCUT2D eigenvalue weighted by molar-refractivity contribution is 6.10. The predicted octanol–water partition coefficient (Wildman–Crippen LogP) is 4.09. The van der Waals surface area contributed by atoms with Crippen LogP contribution in [0, 0.1) is 0 Å². The van der Waals surface area contributed by atoms with E-state index in [1.807, 2.05) is 43.3 Å². The Kier molecular flexibility index (Phi) is 4.57. The second-order valence-corrected chi connectivity index (χ2v) is 5.82. The first-order valence-electron chi connectivity index (χ1n) is 7.82. The van der Waals surface area contributed by atoms with Gasteiger partial charge in [-0.15, -0.1) is 13.2 Å². The Labute approximate surface area is 144 Å². The standard InChI is InChI=1S/C18H18F3N3O/c1-3-12(2)17-22-15-8-9-24(11-16(15)23-17)10-13-4-6-14(7-5-13)25-18(19,20)21/h3-9,11,17,23H,10H2,1-2H3/b12-3+. The monoisotopic (exact) mass is 349 g/mol. The fraction of sp³-hybridized carbons (Fsp3) is 0.278. The van der Waals surface area contributed by atoms with Crippen LogP contribution in [-0.2, 0) is 6.54 Å². The number of alkyl halides is 3. The molecule has 0 aromatic heterocycles. The van der Waals surface area contributed by atoms with Gasteiger partial charge in [0, 0.05) is 18.9 Å². The van der Waals surface area contributed by atoms with Crippen molar-refractivity contribution in [3.63, 3.8) is 0 Å². The van der Waals surface area contributed by atoms with Crippen LogP contribution in [0.5, 0.6) is 5.75 Å². The quantitative estimate of drug-likeness (QED) is 0.832. The van der Waals surface area contributed by atoms with Gasteiger partial charge in [0.25, 0.3) is 0 Å². The highest BCUT2D eigenvalue weighted by Crippen LogP contribution is 2.24. The van der Waals surface area contributed by atoms with Crippen LogP contribution in [0.1, 0.15) is 19.4 Å². The molecule has 25 heavy (non-hydrogen) atoms. The van der Waals surface area contributed by atoms with Gasteiger partial charge in [-0.2, -0.15) is 0 Å². The molecule has 4 nitrogen and oxygen atoms in total. The Balaban J connectivity index is 1.65. The molecule has 7 heteroatoms. The number of allylic oxidation sites excluding steroid dienone is 2. The van der Waals surface area contributed by atoms with Crippen LogP contribution in [0.25, 0.3) is 0 Å². The van der Waals surface area contributed by atoms with Crippen LogP contribution in [0.15, 0.2) is 65.1 Å². The van der Waals surface area contributed by atoms with E-state index in [1.54, 1.807) is 12.1 Å². The van der Waals surface area contributed by atoms with Gasteiger partial charge in [0.15, 0.2) is 0 Å². The van der Waals surface area contributed by atoms with E-state index in [2.05, 4.69) is 15.0 Å². The molecule has 2 aliphatic heterocycles. The van der Waals surface area contributed by atoms with Crippen LogP contribution < -0.4 is 10.1 Å². The van der Waals surface area contributed by atoms with Crippen molar-refractivity contribution in [2.24, 2.45) is 4.99 Å². The number of hydrogen-bond donors (Lipinski definition) is 1. The normalized spacial score (nSPS) is 20.0. The summed E-state index contributed by atoms with van der Waals surface area (Å²) in [7, 11) is 0. The third-order valence-electron chi connectivity index (χ3n) is 3.96. The lowest BCUT2D eigenvalue weighted by Crippen LogP contribution is -2.26. The molecule has 3 rings (SSSR count). The van der Waals surface area contributed by atoms with E-state index in [1.165, 1.54) is 12.1 Å². The van der Waals surface area contributed by atoms with E-state index < -0.39 is 6.36 Å². The number of rotatable bonds is 4. The zero-order valence-electron chi connectivity index (χ0n) is 13.8. The van der Waals surface area contributed by atoms with E-state index in [0.717, 1.165) is 22.5 Å². The molecule has 1 unspecified atom stereocenters. The molecule has 2 aliphatic rings. The largest absolute Gasteiger partial charge is 0.573 e. The van der Waals surface area contributed by atoms with Gasteiger partial charge in [-0.1, -0.05) is 18.2 Å². The Hall–Kier alpha value is -2.70. The zero-order valence-corrected chi connectivity index (χ0v) is 13.8. The molecule has 0 spiro atoms. The Morgan fingerprint density at radius 2 is 2.04 bits per heavy atom. The summed E-state index contributed by atoms with van der Waals surface area (Å²) >= 11 is 0. The fourth-order valence-corrected chi connectivity index (χ4v) is 2.55. The van der Waals surface area contributed by atoms with Gasteiger partial charge in [0.1, 0.15) is 11.9 Å². The van der Waals surface area contributed by atoms with Crippen molar-refractivity contribution < 1.29 is 17.9 Å². The van der Waals surface area contributed by atoms with Gasteiger partial charge in [-0.3, -0.25) is 4.99 Å². The summed E-state index contributed by atoms with van der Waals surface area (Å²) in [5.41, 5.74) is 3.85. The molecular weight excluding hydrogens is 331 g/mol. The molecule has 1 atom stereocenters. The smallest absolute Gasteiger partial charge is 0.406 e. The Morgan fingerprint density at radius 3 is 2.68 bits per heavy atom. The molecule has 1 N–H and O–H groups in total. The third kappa shape index (κ3) is 4.23. The maximum Gasteiger partial charge on any atom is 0.573 e. The Morgan fingerprint density at radius 1 is 1.32 bits per heavy atom. The van der Waals surface area contributed by atoms with Crippen LogP contribution in [-0.4, -0.2) is 23.1 Å². The molecule has 0 saturated heterocycles. The van der Waals surface area contributed by atoms with Gasteiger partial charge in [0.2, 0.25) is 0 Å². The molecule has 0 radical (unpaired) electrons. The van der Waals surface area contributed by atoms with Crippen molar-refractivity contribution in [3.8, 4) is 5.75 Å². The van der Waals surface area contributed by atoms with Crippen molar-refractivity contribution >= 4 is 5.71 Å². The molecule has 0 aliphatic carbocycles. The average Bonchev–Trinajstić information content (AvgIpc) is 2.98. The molecule has 0 bridgehead atoms. The van der Waals surface area contributed by atoms with Gasteiger partial charge in [0.05, 0.1) is 11.4 Å². The maximum atomic E-state index is 12.2. The minimum absolute atomic E-state index is 0.0466. The molecule has 2 heterocycles. The molecule has 0 fully saturated rings. The molecule has 132 valence electrons. The van der Waals surface area contributed by atoms with Crippen molar-refractivity contribution in [3.05, 3.63) is 65.7 Å². The van der Waals surface area contributed by atoms with Crippen LogP contribution >= 0.6 is 0 Å². The number of ether oxygens (including phenoxy) is 1. The minimum Gasteiger partial charge on any atom is -0.406 e. The summed E-state index contributed by atoms with van der Waals surface area (Å²) in [5.74, 6) is -0.222. The van der Waals surface area contributed by atoms with Crippen molar-refractivity contribution in [1.29, 1.82) is 0 Å². The molecule has 1 aromatic rings. The van der Waals surface area contributed by atoms with Gasteiger partial charge < -0.3 is 15.0 Å². The number of benzene rings is 1. The van der Waals surface area contributed by atoms with E-state index >= 15 is 0 Å². The number of hydrogen-bond acceptors (Lipinski definition) is 4. The predicted molar refractivity (Wildman–Crippen MR) is 89.7 cm³/mol. The topological polar surface area (TPSA) is 36.9 Å². The number of halogens is 3. The van der Waals surface area contributed by atoms with Gasteiger partial charge in [-0.25, -0.2) is 0 Å². The van der Waals surface area contributed by atoms with E-state index in [-0.39, 0.29) is 11.9 Å². The lowest BCUT2D eigenvalue weighted by Gasteiger charge is -2.21. The number of aliphatic imine (C=N–C) groups is 1. The summed E-state index contributed by atoms with van der Waals surface area (Å²) in [6, 6.07) is 5.86. The number of fused-ring (bicyclic) bond motifs is 1. The number of nitrogens with one attached hydrogen (secondary N) is 1. The molecular formula is C18H18F3N3O. The van der Waals surface area contributed by atoms with Crippen LogP contribution in [0.3, 0.4) is 0 Å².